The van der Waals surface area contributed by atoms with Crippen LogP contribution < -0.4 is 10.6 Å². The van der Waals surface area contributed by atoms with Gasteiger partial charge >= 0.3 is 5.69 Å². The van der Waals surface area contributed by atoms with E-state index in [9.17, 15) is 10.1 Å². The number of rotatable bonds is 7. The average molecular weight is 281 g/mol. The quantitative estimate of drug-likeness (QED) is 0.258. The van der Waals surface area contributed by atoms with Gasteiger partial charge in [-0.1, -0.05) is 19.0 Å². The summed E-state index contributed by atoms with van der Waals surface area (Å²) >= 11 is 0. The van der Waals surface area contributed by atoms with Gasteiger partial charge in [-0.3, -0.25) is 10.1 Å². The molecule has 0 bridgehead atoms. The van der Waals surface area contributed by atoms with Crippen LogP contribution in [0.4, 0.5) is 11.5 Å². The van der Waals surface area contributed by atoms with Gasteiger partial charge in [0.05, 0.1) is 4.92 Å². The molecule has 0 atom stereocenters. The minimum absolute atomic E-state index is 0.143. The van der Waals surface area contributed by atoms with Crippen LogP contribution in [0, 0.1) is 10.1 Å². The first-order valence-electron chi connectivity index (χ1n) is 6.42. The van der Waals surface area contributed by atoms with Gasteiger partial charge in [-0.25, -0.2) is 4.98 Å². The number of oxime groups is 1. The van der Waals surface area contributed by atoms with Crippen LogP contribution in [0.1, 0.15) is 32.3 Å². The highest BCUT2D eigenvalue weighted by atomic mass is 16.6. The van der Waals surface area contributed by atoms with Crippen molar-refractivity contribution in [2.75, 3.05) is 18.0 Å². The first-order chi connectivity index (χ1) is 9.54. The summed E-state index contributed by atoms with van der Waals surface area (Å²) in [6.07, 6.45) is 3.09. The summed E-state index contributed by atoms with van der Waals surface area (Å²) in [5, 5.41) is 22.6. The first-order valence-corrected chi connectivity index (χ1v) is 6.42. The van der Waals surface area contributed by atoms with Crippen molar-refractivity contribution in [1.29, 1.82) is 0 Å². The number of aromatic nitrogens is 1. The maximum Gasteiger partial charge on any atom is 0.312 e. The summed E-state index contributed by atoms with van der Waals surface area (Å²) in [4.78, 5) is 16.7. The predicted octanol–water partition coefficient (Wildman–Crippen LogP) is 1.71. The zero-order valence-electron chi connectivity index (χ0n) is 11.6. The number of amidine groups is 1. The third kappa shape index (κ3) is 3.56. The Balaban J connectivity index is 3.27. The molecule has 1 heterocycles. The molecule has 1 rings (SSSR count). The van der Waals surface area contributed by atoms with Crippen molar-refractivity contribution in [2.24, 2.45) is 10.9 Å². The average Bonchev–Trinajstić information content (AvgIpc) is 2.45. The van der Waals surface area contributed by atoms with E-state index >= 15 is 0 Å². The van der Waals surface area contributed by atoms with E-state index in [1.54, 1.807) is 0 Å². The third-order valence-corrected chi connectivity index (χ3v) is 2.73. The first kappa shape index (κ1) is 15.7. The summed E-state index contributed by atoms with van der Waals surface area (Å²) in [6, 6.07) is 1.27. The van der Waals surface area contributed by atoms with Gasteiger partial charge in [0.2, 0.25) is 5.82 Å². The molecule has 1 aromatic heterocycles. The lowest BCUT2D eigenvalue weighted by atomic mass is 10.2. The molecule has 0 saturated carbocycles. The molecule has 0 fully saturated rings. The number of anilines is 1. The van der Waals surface area contributed by atoms with Crippen LogP contribution in [0.15, 0.2) is 17.4 Å². The van der Waals surface area contributed by atoms with Gasteiger partial charge in [0.1, 0.15) is 0 Å². The van der Waals surface area contributed by atoms with Crippen LogP contribution in [-0.2, 0) is 0 Å². The fourth-order valence-electron chi connectivity index (χ4n) is 1.89. The van der Waals surface area contributed by atoms with Gasteiger partial charge in [-0.05, 0) is 12.8 Å². The van der Waals surface area contributed by atoms with Crippen LogP contribution in [0.2, 0.25) is 0 Å². The molecule has 0 amide bonds. The van der Waals surface area contributed by atoms with Crippen molar-refractivity contribution in [3.8, 4) is 0 Å². The van der Waals surface area contributed by atoms with E-state index in [1.165, 1.54) is 12.3 Å². The van der Waals surface area contributed by atoms with Gasteiger partial charge in [0.15, 0.2) is 5.84 Å². The Kier molecular flexibility index (Phi) is 5.70. The van der Waals surface area contributed by atoms with Gasteiger partial charge in [0, 0.05) is 30.9 Å². The maximum atomic E-state index is 11.2. The monoisotopic (exact) mass is 281 g/mol. The molecule has 3 N–H and O–H groups in total. The van der Waals surface area contributed by atoms with Crippen molar-refractivity contribution in [3.63, 3.8) is 0 Å². The van der Waals surface area contributed by atoms with Crippen molar-refractivity contribution in [1.82, 2.24) is 4.98 Å². The van der Waals surface area contributed by atoms with Gasteiger partial charge in [0.25, 0.3) is 0 Å². The molecule has 1 aromatic rings. The van der Waals surface area contributed by atoms with E-state index in [0.717, 1.165) is 12.8 Å². The van der Waals surface area contributed by atoms with E-state index < -0.39 is 4.92 Å². The molecule has 0 spiro atoms. The molecule has 0 aliphatic heterocycles. The van der Waals surface area contributed by atoms with E-state index in [4.69, 9.17) is 10.9 Å². The molecular weight excluding hydrogens is 262 g/mol. The summed E-state index contributed by atoms with van der Waals surface area (Å²) in [5.74, 6) is 0.109. The number of nitrogens with two attached hydrogens (primary N) is 1. The fourth-order valence-corrected chi connectivity index (χ4v) is 1.89. The van der Waals surface area contributed by atoms with E-state index in [-0.39, 0.29) is 17.1 Å². The van der Waals surface area contributed by atoms with Crippen molar-refractivity contribution >= 4 is 17.3 Å². The second-order valence-electron chi connectivity index (χ2n) is 4.30. The van der Waals surface area contributed by atoms with Crippen LogP contribution in [0.5, 0.6) is 0 Å². The maximum absolute atomic E-state index is 11.2. The topological polar surface area (TPSA) is 118 Å². The second-order valence-corrected chi connectivity index (χ2v) is 4.30. The van der Waals surface area contributed by atoms with E-state index in [2.05, 4.69) is 10.1 Å². The van der Waals surface area contributed by atoms with Crippen molar-refractivity contribution in [2.45, 2.75) is 26.7 Å². The Morgan fingerprint density at radius 2 is 2.10 bits per heavy atom. The van der Waals surface area contributed by atoms with Crippen molar-refractivity contribution < 1.29 is 10.1 Å². The molecule has 0 unspecified atom stereocenters. The molecule has 0 aromatic carbocycles. The van der Waals surface area contributed by atoms with Crippen LogP contribution >= 0.6 is 0 Å². The fraction of sp³-hybridized carbons (Fsp3) is 0.500. The van der Waals surface area contributed by atoms with Crippen LogP contribution in [0.25, 0.3) is 0 Å². The molecule has 110 valence electrons. The number of nitro groups is 1. The summed E-state index contributed by atoms with van der Waals surface area (Å²) in [5.41, 5.74) is 5.51. The molecule has 20 heavy (non-hydrogen) atoms. The molecule has 0 aliphatic rings. The summed E-state index contributed by atoms with van der Waals surface area (Å²) in [6.45, 7) is 5.37. The molecule has 0 radical (unpaired) electrons. The molecule has 0 aliphatic carbocycles. The summed E-state index contributed by atoms with van der Waals surface area (Å²) < 4.78 is 0. The Morgan fingerprint density at radius 1 is 1.50 bits per heavy atom. The third-order valence-electron chi connectivity index (χ3n) is 2.73. The SMILES string of the molecule is CCCN(CCC)c1ncc(C(N)=NO)cc1[N+](=O)[O-]. The number of hydrogen-bond donors (Lipinski definition) is 2. The van der Waals surface area contributed by atoms with E-state index in [0.29, 0.717) is 18.9 Å². The highest BCUT2D eigenvalue weighted by Crippen LogP contribution is 2.26. The van der Waals surface area contributed by atoms with Gasteiger partial charge < -0.3 is 15.8 Å². The molecule has 8 heteroatoms. The second kappa shape index (κ2) is 7.27. The zero-order chi connectivity index (χ0) is 15.1. The van der Waals surface area contributed by atoms with Gasteiger partial charge in [-0.15, -0.1) is 0 Å². The zero-order valence-corrected chi connectivity index (χ0v) is 11.6. The van der Waals surface area contributed by atoms with Gasteiger partial charge in [-0.2, -0.15) is 0 Å². The minimum Gasteiger partial charge on any atom is -0.409 e. The Bertz CT molecular complexity index is 498. The molecular formula is C12H19N5O3. The number of nitrogens with zero attached hydrogens (tertiary/aromatic N) is 4. The van der Waals surface area contributed by atoms with Crippen LogP contribution in [0.3, 0.4) is 0 Å². The predicted molar refractivity (Wildman–Crippen MR) is 76.2 cm³/mol. The largest absolute Gasteiger partial charge is 0.409 e. The van der Waals surface area contributed by atoms with Crippen molar-refractivity contribution in [3.05, 3.63) is 27.9 Å². The Morgan fingerprint density at radius 3 is 2.55 bits per heavy atom. The Labute approximate surface area is 117 Å². The number of pyridine rings is 1. The molecule has 0 saturated heterocycles. The normalized spacial score (nSPS) is 11.4. The smallest absolute Gasteiger partial charge is 0.312 e. The lowest BCUT2D eigenvalue weighted by Gasteiger charge is -2.22. The van der Waals surface area contributed by atoms with E-state index in [1.807, 2.05) is 18.7 Å². The summed E-state index contributed by atoms with van der Waals surface area (Å²) in [7, 11) is 0. The highest BCUT2D eigenvalue weighted by Gasteiger charge is 2.22. The highest BCUT2D eigenvalue weighted by molar-refractivity contribution is 5.97. The molecule has 8 nitrogen and oxygen atoms in total. The van der Waals surface area contributed by atoms with Crippen LogP contribution in [-0.4, -0.2) is 34.0 Å². The standard InChI is InChI=1S/C12H19N5O3/c1-3-5-16(6-4-2)12-10(17(19)20)7-9(8-14-12)11(13)15-18/h7-8,18H,3-6H2,1-2H3,(H2,13,15). The lowest BCUT2D eigenvalue weighted by molar-refractivity contribution is -0.384. The minimum atomic E-state index is -0.505. The lowest BCUT2D eigenvalue weighted by Crippen LogP contribution is -2.27. The number of hydrogen-bond acceptors (Lipinski definition) is 6. The Hall–Kier alpha value is -2.38.